The number of nitro groups is 1. The van der Waals surface area contributed by atoms with Gasteiger partial charge < -0.3 is 5.32 Å². The molecule has 5 nitrogen and oxygen atoms in total. The fourth-order valence-electron chi connectivity index (χ4n) is 1.90. The van der Waals surface area contributed by atoms with Crippen LogP contribution in [0.25, 0.3) is 0 Å². The summed E-state index contributed by atoms with van der Waals surface area (Å²) < 4.78 is 37.8. The van der Waals surface area contributed by atoms with E-state index in [0.29, 0.717) is 19.0 Å². The van der Waals surface area contributed by atoms with Crippen molar-refractivity contribution in [2.75, 3.05) is 11.9 Å². The van der Waals surface area contributed by atoms with Gasteiger partial charge in [0.15, 0.2) is 0 Å². The molecule has 2 rings (SSSR count). The van der Waals surface area contributed by atoms with Crippen LogP contribution in [0.1, 0.15) is 11.1 Å². The Morgan fingerprint density at radius 3 is 2.64 bits per heavy atom. The van der Waals surface area contributed by atoms with Gasteiger partial charge >= 0.3 is 6.18 Å². The number of hydrogen-bond acceptors (Lipinski definition) is 4. The molecule has 1 aromatic carbocycles. The van der Waals surface area contributed by atoms with Crippen LogP contribution in [0.2, 0.25) is 0 Å². The van der Waals surface area contributed by atoms with E-state index in [0.717, 1.165) is 17.7 Å². The topological polar surface area (TPSA) is 68.1 Å². The van der Waals surface area contributed by atoms with Crippen molar-refractivity contribution in [1.29, 1.82) is 0 Å². The minimum absolute atomic E-state index is 0.0573. The Morgan fingerprint density at radius 1 is 1.27 bits per heavy atom. The third kappa shape index (κ3) is 3.94. The number of alkyl halides is 3. The molecule has 0 saturated carbocycles. The number of aromatic nitrogens is 1. The highest BCUT2D eigenvalue weighted by Crippen LogP contribution is 2.34. The van der Waals surface area contributed by atoms with Crippen LogP contribution in [0.15, 0.2) is 42.7 Å². The van der Waals surface area contributed by atoms with E-state index in [2.05, 4.69) is 10.3 Å². The summed E-state index contributed by atoms with van der Waals surface area (Å²) in [5.74, 6) is 0. The van der Waals surface area contributed by atoms with E-state index >= 15 is 0 Å². The van der Waals surface area contributed by atoms with Crippen LogP contribution in [0.4, 0.5) is 24.5 Å². The zero-order valence-corrected chi connectivity index (χ0v) is 11.3. The van der Waals surface area contributed by atoms with Crippen LogP contribution in [-0.2, 0) is 12.6 Å². The second-order valence-electron chi connectivity index (χ2n) is 4.52. The maximum absolute atomic E-state index is 12.6. The Labute approximate surface area is 124 Å². The first kappa shape index (κ1) is 15.7. The number of benzene rings is 1. The molecule has 116 valence electrons. The molecule has 0 aliphatic heterocycles. The highest BCUT2D eigenvalue weighted by Gasteiger charge is 2.32. The van der Waals surface area contributed by atoms with Gasteiger partial charge in [0.25, 0.3) is 5.69 Å². The van der Waals surface area contributed by atoms with Crippen molar-refractivity contribution < 1.29 is 18.1 Å². The zero-order chi connectivity index (χ0) is 16.2. The standard InChI is InChI=1S/C14H12F3N3O2/c15-14(16,17)11-3-4-12(13(8-11)20(21)22)19-7-5-10-2-1-6-18-9-10/h1-4,6,8-9,19H,5,7H2. The summed E-state index contributed by atoms with van der Waals surface area (Å²) in [7, 11) is 0. The summed E-state index contributed by atoms with van der Waals surface area (Å²) >= 11 is 0. The average molecular weight is 311 g/mol. The Bertz CT molecular complexity index is 660. The Morgan fingerprint density at radius 2 is 2.05 bits per heavy atom. The third-order valence-corrected chi connectivity index (χ3v) is 2.97. The Hall–Kier alpha value is -2.64. The first-order valence-corrected chi connectivity index (χ1v) is 6.36. The molecule has 2 aromatic rings. The molecule has 1 heterocycles. The van der Waals surface area contributed by atoms with Gasteiger partial charge in [0, 0.05) is 25.0 Å². The van der Waals surface area contributed by atoms with Gasteiger partial charge in [0.1, 0.15) is 5.69 Å². The summed E-state index contributed by atoms with van der Waals surface area (Å²) in [6, 6.07) is 6.03. The minimum Gasteiger partial charge on any atom is -0.379 e. The summed E-state index contributed by atoms with van der Waals surface area (Å²) in [6.45, 7) is 0.345. The second kappa shape index (κ2) is 6.42. The van der Waals surface area contributed by atoms with Gasteiger partial charge in [-0.15, -0.1) is 0 Å². The van der Waals surface area contributed by atoms with Crippen molar-refractivity contribution in [3.63, 3.8) is 0 Å². The van der Waals surface area contributed by atoms with E-state index in [1.807, 2.05) is 6.07 Å². The first-order chi connectivity index (χ1) is 10.4. The molecule has 0 fully saturated rings. The van der Waals surface area contributed by atoms with Crippen molar-refractivity contribution in [1.82, 2.24) is 4.98 Å². The highest BCUT2D eigenvalue weighted by atomic mass is 19.4. The maximum atomic E-state index is 12.6. The molecule has 0 amide bonds. The molecule has 22 heavy (non-hydrogen) atoms. The lowest BCUT2D eigenvalue weighted by Crippen LogP contribution is -2.10. The molecule has 0 saturated heterocycles. The molecule has 1 aromatic heterocycles. The van der Waals surface area contributed by atoms with Crippen LogP contribution in [0, 0.1) is 10.1 Å². The first-order valence-electron chi connectivity index (χ1n) is 6.36. The predicted octanol–water partition coefficient (Wildman–Crippen LogP) is 3.66. The molecule has 8 heteroatoms. The number of nitro benzene ring substituents is 1. The molecule has 0 radical (unpaired) electrons. The van der Waals surface area contributed by atoms with E-state index in [1.165, 1.54) is 0 Å². The van der Waals surface area contributed by atoms with E-state index < -0.39 is 22.4 Å². The molecule has 0 bridgehead atoms. The van der Waals surface area contributed by atoms with Gasteiger partial charge in [-0.2, -0.15) is 13.2 Å². The lowest BCUT2D eigenvalue weighted by molar-refractivity contribution is -0.384. The molecule has 0 spiro atoms. The quantitative estimate of drug-likeness (QED) is 0.676. The fraction of sp³-hybridized carbons (Fsp3) is 0.214. The third-order valence-electron chi connectivity index (χ3n) is 2.97. The number of anilines is 1. The summed E-state index contributed by atoms with van der Waals surface area (Å²) in [5, 5.41) is 13.7. The minimum atomic E-state index is -4.61. The van der Waals surface area contributed by atoms with Gasteiger partial charge in [0.2, 0.25) is 0 Å². The molecule has 1 N–H and O–H groups in total. The summed E-state index contributed by atoms with van der Waals surface area (Å²) in [6.07, 6.45) is -0.786. The van der Waals surface area contributed by atoms with Crippen molar-refractivity contribution in [3.05, 3.63) is 64.0 Å². The van der Waals surface area contributed by atoms with Crippen molar-refractivity contribution in [2.24, 2.45) is 0 Å². The molecule has 0 aliphatic carbocycles. The lowest BCUT2D eigenvalue weighted by Gasteiger charge is -2.10. The molecule has 0 aliphatic rings. The van der Waals surface area contributed by atoms with E-state index in [-0.39, 0.29) is 5.69 Å². The van der Waals surface area contributed by atoms with E-state index in [1.54, 1.807) is 18.5 Å². The number of nitrogens with zero attached hydrogens (tertiary/aromatic N) is 2. The van der Waals surface area contributed by atoms with Crippen LogP contribution in [-0.4, -0.2) is 16.5 Å². The molecule has 0 atom stereocenters. The SMILES string of the molecule is O=[N+]([O-])c1cc(C(F)(F)F)ccc1NCCc1cccnc1. The van der Waals surface area contributed by atoms with Crippen LogP contribution < -0.4 is 5.32 Å². The monoisotopic (exact) mass is 311 g/mol. The number of pyridine rings is 1. The number of rotatable bonds is 5. The number of halogens is 3. The van der Waals surface area contributed by atoms with Crippen LogP contribution in [0.5, 0.6) is 0 Å². The van der Waals surface area contributed by atoms with Crippen molar-refractivity contribution in [3.8, 4) is 0 Å². The largest absolute Gasteiger partial charge is 0.416 e. The van der Waals surface area contributed by atoms with E-state index in [9.17, 15) is 23.3 Å². The predicted molar refractivity (Wildman–Crippen MR) is 74.5 cm³/mol. The van der Waals surface area contributed by atoms with Gasteiger partial charge in [-0.25, -0.2) is 0 Å². The van der Waals surface area contributed by atoms with Gasteiger partial charge in [-0.3, -0.25) is 15.1 Å². The van der Waals surface area contributed by atoms with Crippen molar-refractivity contribution in [2.45, 2.75) is 12.6 Å². The maximum Gasteiger partial charge on any atom is 0.416 e. The molecule has 0 unspecified atom stereocenters. The van der Waals surface area contributed by atoms with Crippen LogP contribution in [0.3, 0.4) is 0 Å². The normalized spacial score (nSPS) is 11.2. The summed E-state index contributed by atoms with van der Waals surface area (Å²) in [4.78, 5) is 14.0. The van der Waals surface area contributed by atoms with Gasteiger partial charge in [-0.05, 0) is 30.2 Å². The summed E-state index contributed by atoms with van der Waals surface area (Å²) in [5.41, 5.74) is -0.663. The molecular weight excluding hydrogens is 299 g/mol. The number of hydrogen-bond donors (Lipinski definition) is 1. The number of nitrogens with one attached hydrogen (secondary N) is 1. The lowest BCUT2D eigenvalue weighted by atomic mass is 10.1. The van der Waals surface area contributed by atoms with Crippen molar-refractivity contribution >= 4 is 11.4 Å². The Balaban J connectivity index is 2.12. The zero-order valence-electron chi connectivity index (χ0n) is 11.3. The highest BCUT2D eigenvalue weighted by molar-refractivity contribution is 5.63. The second-order valence-corrected chi connectivity index (χ2v) is 4.52. The van der Waals surface area contributed by atoms with Gasteiger partial charge in [0.05, 0.1) is 10.5 Å². The fourth-order valence-corrected chi connectivity index (χ4v) is 1.90. The van der Waals surface area contributed by atoms with E-state index in [4.69, 9.17) is 0 Å². The average Bonchev–Trinajstić information content (AvgIpc) is 2.47. The Kier molecular flexibility index (Phi) is 4.59. The molecular formula is C14H12F3N3O2. The van der Waals surface area contributed by atoms with Gasteiger partial charge in [-0.1, -0.05) is 6.07 Å². The smallest absolute Gasteiger partial charge is 0.379 e. The van der Waals surface area contributed by atoms with Crippen LogP contribution >= 0.6 is 0 Å².